The molecule has 0 radical (unpaired) electrons. The van der Waals surface area contributed by atoms with Gasteiger partial charge in [0.2, 0.25) is 5.91 Å². The Morgan fingerprint density at radius 1 is 1.25 bits per heavy atom. The normalized spacial score (nSPS) is 20.8. The Morgan fingerprint density at radius 2 is 2.11 bits per heavy atom. The van der Waals surface area contributed by atoms with E-state index >= 15 is 0 Å². The van der Waals surface area contributed by atoms with Crippen LogP contribution in [0.15, 0.2) is 42.9 Å². The molecule has 5 rings (SSSR count). The summed E-state index contributed by atoms with van der Waals surface area (Å²) in [5, 5.41) is 10.4. The van der Waals surface area contributed by atoms with Crippen molar-refractivity contribution in [1.82, 2.24) is 14.8 Å². The SMILES string of the molecule is [2H]C([2H])([2H])O[C@H]1COC[C@H]1n1cc(-c2cccc(Nc3cc(NC(=O)C4CC4)ncc3C(N)=O)c2OC)cn1. The highest BCUT2D eigenvalue weighted by molar-refractivity contribution is 6.01. The summed E-state index contributed by atoms with van der Waals surface area (Å²) in [4.78, 5) is 28.5. The average molecular weight is 496 g/mol. The van der Waals surface area contributed by atoms with Crippen molar-refractivity contribution in [3.63, 3.8) is 0 Å². The highest BCUT2D eigenvalue weighted by Gasteiger charge is 2.31. The first kappa shape index (κ1) is 20.3. The average Bonchev–Trinajstić information content (AvgIpc) is 3.46. The molecule has 2 aromatic heterocycles. The Bertz CT molecular complexity index is 1390. The number of ether oxygens (including phenoxy) is 3. The number of pyridine rings is 1. The minimum atomic E-state index is -2.55. The van der Waals surface area contributed by atoms with Crippen LogP contribution in [-0.4, -0.2) is 60.0 Å². The molecule has 1 aromatic carbocycles. The Labute approximate surface area is 212 Å². The van der Waals surface area contributed by atoms with Crippen molar-refractivity contribution in [2.75, 3.05) is 38.0 Å². The van der Waals surface area contributed by atoms with Gasteiger partial charge in [-0.2, -0.15) is 5.10 Å². The first-order valence-electron chi connectivity index (χ1n) is 13.0. The molecule has 11 nitrogen and oxygen atoms in total. The number of aromatic nitrogens is 3. The van der Waals surface area contributed by atoms with Crippen molar-refractivity contribution < 1.29 is 27.9 Å². The smallest absolute Gasteiger partial charge is 0.252 e. The third kappa shape index (κ3) is 4.75. The summed E-state index contributed by atoms with van der Waals surface area (Å²) in [5.41, 5.74) is 8.00. The number of nitrogens with zero attached hydrogens (tertiary/aromatic N) is 3. The predicted molar refractivity (Wildman–Crippen MR) is 132 cm³/mol. The summed E-state index contributed by atoms with van der Waals surface area (Å²) in [7, 11) is -1.03. The summed E-state index contributed by atoms with van der Waals surface area (Å²) in [6.45, 7) is 0.413. The second kappa shape index (κ2) is 9.96. The Hall–Kier alpha value is -3.96. The number of hydrogen-bond donors (Lipinski definition) is 3. The molecule has 2 atom stereocenters. The van der Waals surface area contributed by atoms with E-state index in [0.29, 0.717) is 34.1 Å². The van der Waals surface area contributed by atoms with E-state index < -0.39 is 25.1 Å². The van der Waals surface area contributed by atoms with Crippen molar-refractivity contribution in [3.8, 4) is 16.9 Å². The molecule has 188 valence electrons. The van der Waals surface area contributed by atoms with E-state index in [1.807, 2.05) is 6.07 Å². The van der Waals surface area contributed by atoms with Crippen LogP contribution in [0, 0.1) is 5.92 Å². The van der Waals surface area contributed by atoms with Crippen molar-refractivity contribution in [3.05, 3.63) is 48.4 Å². The molecule has 2 amide bonds. The first-order valence-corrected chi connectivity index (χ1v) is 11.5. The van der Waals surface area contributed by atoms with Crippen LogP contribution in [0.1, 0.15) is 33.4 Å². The van der Waals surface area contributed by atoms with Gasteiger partial charge in [-0.1, -0.05) is 12.1 Å². The number of rotatable bonds is 9. The van der Waals surface area contributed by atoms with Crippen LogP contribution in [0.3, 0.4) is 0 Å². The molecule has 2 fully saturated rings. The van der Waals surface area contributed by atoms with Gasteiger partial charge in [0.1, 0.15) is 23.7 Å². The monoisotopic (exact) mass is 495 g/mol. The number of nitrogens with two attached hydrogens (primary N) is 1. The number of amides is 2. The van der Waals surface area contributed by atoms with E-state index in [4.69, 9.17) is 24.1 Å². The molecule has 1 aliphatic heterocycles. The lowest BCUT2D eigenvalue weighted by molar-refractivity contribution is -0.117. The van der Waals surface area contributed by atoms with E-state index in [2.05, 4.69) is 20.7 Å². The molecule has 3 heterocycles. The molecule has 36 heavy (non-hydrogen) atoms. The zero-order valence-electron chi connectivity index (χ0n) is 22.6. The summed E-state index contributed by atoms with van der Waals surface area (Å²) in [6.07, 6.45) is 5.74. The minimum Gasteiger partial charge on any atom is -0.494 e. The fourth-order valence-electron chi connectivity index (χ4n) is 4.17. The van der Waals surface area contributed by atoms with E-state index in [1.54, 1.807) is 35.3 Å². The number of carbonyl (C=O) groups excluding carboxylic acids is 2. The van der Waals surface area contributed by atoms with Crippen LogP contribution in [0.4, 0.5) is 17.2 Å². The quantitative estimate of drug-likeness (QED) is 0.411. The number of benzene rings is 1. The van der Waals surface area contributed by atoms with Crippen molar-refractivity contribution in [2.24, 2.45) is 11.7 Å². The third-order valence-electron chi connectivity index (χ3n) is 6.26. The van der Waals surface area contributed by atoms with Gasteiger partial charge in [-0.05, 0) is 18.9 Å². The number of para-hydroxylation sites is 1. The van der Waals surface area contributed by atoms with Crippen LogP contribution >= 0.6 is 0 Å². The highest BCUT2D eigenvalue weighted by Crippen LogP contribution is 2.39. The Morgan fingerprint density at radius 3 is 2.86 bits per heavy atom. The van der Waals surface area contributed by atoms with Crippen molar-refractivity contribution in [2.45, 2.75) is 25.0 Å². The highest BCUT2D eigenvalue weighted by atomic mass is 16.5. The third-order valence-corrected chi connectivity index (χ3v) is 6.26. The maximum Gasteiger partial charge on any atom is 0.252 e. The van der Waals surface area contributed by atoms with E-state index in [-0.39, 0.29) is 30.6 Å². The molecule has 1 saturated heterocycles. The van der Waals surface area contributed by atoms with Crippen LogP contribution in [0.2, 0.25) is 0 Å². The Balaban J connectivity index is 1.43. The van der Waals surface area contributed by atoms with E-state index in [1.165, 1.54) is 13.3 Å². The van der Waals surface area contributed by atoms with Crippen LogP contribution in [-0.2, 0) is 14.3 Å². The van der Waals surface area contributed by atoms with Gasteiger partial charge < -0.3 is 30.6 Å². The maximum atomic E-state index is 12.2. The summed E-state index contributed by atoms with van der Waals surface area (Å²) >= 11 is 0. The second-order valence-corrected chi connectivity index (χ2v) is 8.72. The number of nitrogens with one attached hydrogen (secondary N) is 2. The zero-order valence-corrected chi connectivity index (χ0v) is 19.6. The molecular weight excluding hydrogens is 464 g/mol. The van der Waals surface area contributed by atoms with Gasteiger partial charge in [0.05, 0.1) is 47.6 Å². The maximum absolute atomic E-state index is 12.2. The van der Waals surface area contributed by atoms with Gasteiger partial charge in [-0.3, -0.25) is 14.3 Å². The van der Waals surface area contributed by atoms with Crippen molar-refractivity contribution >= 4 is 29.0 Å². The number of carbonyl (C=O) groups is 2. The van der Waals surface area contributed by atoms with Gasteiger partial charge >= 0.3 is 0 Å². The van der Waals surface area contributed by atoms with Gasteiger partial charge in [0.15, 0.2) is 0 Å². The van der Waals surface area contributed by atoms with Gasteiger partial charge in [0, 0.05) is 42.5 Å². The summed E-state index contributed by atoms with van der Waals surface area (Å²) in [5.74, 6) is -0.0536. The predicted octanol–water partition coefficient (Wildman–Crippen LogP) is 2.73. The van der Waals surface area contributed by atoms with Gasteiger partial charge in [-0.15, -0.1) is 0 Å². The molecule has 11 heteroatoms. The fraction of sp³-hybridized carbons (Fsp3) is 0.360. The topological polar surface area (TPSA) is 143 Å². The van der Waals surface area contributed by atoms with Crippen LogP contribution in [0.25, 0.3) is 11.1 Å². The minimum absolute atomic E-state index is 0.0113. The lowest BCUT2D eigenvalue weighted by Gasteiger charge is -2.17. The van der Waals surface area contributed by atoms with Gasteiger partial charge in [0.25, 0.3) is 5.91 Å². The summed E-state index contributed by atoms with van der Waals surface area (Å²) < 4.78 is 40.3. The fourth-order valence-corrected chi connectivity index (χ4v) is 4.17. The summed E-state index contributed by atoms with van der Waals surface area (Å²) in [6, 6.07) is 6.56. The van der Waals surface area contributed by atoms with Gasteiger partial charge in [-0.25, -0.2) is 4.98 Å². The molecule has 4 N–H and O–H groups in total. The van der Waals surface area contributed by atoms with Crippen molar-refractivity contribution in [1.29, 1.82) is 0 Å². The first-order chi connectivity index (χ1) is 18.6. The molecule has 1 saturated carbocycles. The molecular formula is C25H28N6O5. The number of methoxy groups -OCH3 is 2. The molecule has 0 unspecified atom stereocenters. The molecule has 0 bridgehead atoms. The molecule has 3 aromatic rings. The van der Waals surface area contributed by atoms with Crippen LogP contribution < -0.4 is 21.1 Å². The number of anilines is 3. The lowest BCUT2D eigenvalue weighted by atomic mass is 10.1. The van der Waals surface area contributed by atoms with E-state index in [0.717, 1.165) is 12.8 Å². The number of primary amides is 1. The molecule has 1 aliphatic carbocycles. The Kier molecular flexibility index (Phi) is 5.60. The largest absolute Gasteiger partial charge is 0.494 e. The molecule has 2 aliphatic rings. The zero-order chi connectivity index (χ0) is 27.7. The standard InChI is InChI=1S/C25H28N6O5/c1-34-21-13-36-12-20(21)31-11-15(9-28-31)16-4-3-5-18(23(16)35-2)29-19-8-22(27-10-17(19)24(26)32)30-25(33)14-6-7-14/h3-5,8-11,14,20-21H,6-7,12-13H2,1-2H3,(H2,26,32)(H2,27,29,30,33)/t20-,21+/m1/s1/i1D3. The number of hydrogen-bond acceptors (Lipinski definition) is 8. The van der Waals surface area contributed by atoms with Crippen LogP contribution in [0.5, 0.6) is 5.75 Å². The molecule has 0 spiro atoms. The van der Waals surface area contributed by atoms with E-state index in [9.17, 15) is 9.59 Å². The second-order valence-electron chi connectivity index (χ2n) is 8.72. The lowest BCUT2D eigenvalue weighted by Crippen LogP contribution is -2.24.